The molecule has 1 N–H and O–H groups in total. The predicted molar refractivity (Wildman–Crippen MR) is 73.9 cm³/mol. The molecule has 0 aliphatic carbocycles. The summed E-state index contributed by atoms with van der Waals surface area (Å²) in [6, 6.07) is 6.46. The molecule has 1 atom stereocenters. The molecule has 0 saturated carbocycles. The molecule has 2 nitrogen and oxygen atoms in total. The SMILES string of the molecule is CCNCC(C)Oc1cc(C)ccc1C(C)C. The second-order valence-corrected chi connectivity index (χ2v) is 4.93. The molecular weight excluding hydrogens is 210 g/mol. The first-order valence-corrected chi connectivity index (χ1v) is 6.52. The van der Waals surface area contributed by atoms with Crippen LogP contribution in [0, 0.1) is 6.92 Å². The Bertz CT molecular complexity index is 347. The van der Waals surface area contributed by atoms with Crippen molar-refractivity contribution < 1.29 is 4.74 Å². The molecule has 0 saturated heterocycles. The number of benzene rings is 1. The standard InChI is InChI=1S/C15H25NO/c1-6-16-10-13(5)17-15-9-12(4)7-8-14(15)11(2)3/h7-9,11,13,16H,6,10H2,1-5H3. The van der Waals surface area contributed by atoms with Gasteiger partial charge in [-0.2, -0.15) is 0 Å². The first kappa shape index (κ1) is 14.0. The molecule has 1 rings (SSSR count). The predicted octanol–water partition coefficient (Wildman–Crippen LogP) is 3.50. The molecule has 1 unspecified atom stereocenters. The topological polar surface area (TPSA) is 21.3 Å². The van der Waals surface area contributed by atoms with Crippen LogP contribution in [-0.2, 0) is 0 Å². The summed E-state index contributed by atoms with van der Waals surface area (Å²) in [6.07, 6.45) is 0.203. The minimum absolute atomic E-state index is 0.203. The number of ether oxygens (including phenoxy) is 1. The molecule has 96 valence electrons. The second kappa shape index (κ2) is 6.65. The first-order chi connectivity index (χ1) is 8.04. The van der Waals surface area contributed by atoms with Crippen molar-refractivity contribution in [3.8, 4) is 5.75 Å². The Hall–Kier alpha value is -1.02. The Kier molecular flexibility index (Phi) is 5.49. The van der Waals surface area contributed by atoms with Crippen molar-refractivity contribution in [1.82, 2.24) is 5.32 Å². The molecule has 0 spiro atoms. The first-order valence-electron chi connectivity index (χ1n) is 6.52. The van der Waals surface area contributed by atoms with E-state index in [1.807, 2.05) is 0 Å². The van der Waals surface area contributed by atoms with Crippen molar-refractivity contribution in [2.24, 2.45) is 0 Å². The molecule has 2 heteroatoms. The lowest BCUT2D eigenvalue weighted by Gasteiger charge is -2.19. The number of likely N-dealkylation sites (N-methyl/N-ethyl adjacent to an activating group) is 1. The van der Waals surface area contributed by atoms with Crippen molar-refractivity contribution >= 4 is 0 Å². The quantitative estimate of drug-likeness (QED) is 0.815. The molecule has 1 aromatic carbocycles. The fraction of sp³-hybridized carbons (Fsp3) is 0.600. The summed E-state index contributed by atoms with van der Waals surface area (Å²) in [6.45, 7) is 12.6. The highest BCUT2D eigenvalue weighted by Gasteiger charge is 2.11. The number of rotatable bonds is 6. The molecule has 0 aromatic heterocycles. The van der Waals surface area contributed by atoms with Gasteiger partial charge in [-0.15, -0.1) is 0 Å². The van der Waals surface area contributed by atoms with E-state index in [2.05, 4.69) is 58.1 Å². The number of nitrogens with one attached hydrogen (secondary N) is 1. The number of hydrogen-bond donors (Lipinski definition) is 1. The zero-order valence-corrected chi connectivity index (χ0v) is 11.7. The van der Waals surface area contributed by atoms with Crippen molar-refractivity contribution in [3.63, 3.8) is 0 Å². The fourth-order valence-corrected chi connectivity index (χ4v) is 1.83. The summed E-state index contributed by atoms with van der Waals surface area (Å²) in [7, 11) is 0. The van der Waals surface area contributed by atoms with Crippen LogP contribution in [0.15, 0.2) is 18.2 Å². The van der Waals surface area contributed by atoms with E-state index in [1.54, 1.807) is 0 Å². The molecule has 0 amide bonds. The highest BCUT2D eigenvalue weighted by molar-refractivity contribution is 5.39. The smallest absolute Gasteiger partial charge is 0.123 e. The van der Waals surface area contributed by atoms with Crippen LogP contribution in [0.4, 0.5) is 0 Å². The zero-order valence-electron chi connectivity index (χ0n) is 11.7. The number of aryl methyl sites for hydroxylation is 1. The van der Waals surface area contributed by atoms with Crippen LogP contribution < -0.4 is 10.1 Å². The van der Waals surface area contributed by atoms with Crippen LogP contribution in [-0.4, -0.2) is 19.2 Å². The van der Waals surface area contributed by atoms with Gasteiger partial charge in [0, 0.05) is 6.54 Å². The lowest BCUT2D eigenvalue weighted by atomic mass is 10.0. The van der Waals surface area contributed by atoms with Gasteiger partial charge in [0.2, 0.25) is 0 Å². The zero-order chi connectivity index (χ0) is 12.8. The lowest BCUT2D eigenvalue weighted by molar-refractivity contribution is 0.215. The van der Waals surface area contributed by atoms with Gasteiger partial charge in [-0.05, 0) is 43.5 Å². The Morgan fingerprint density at radius 1 is 1.24 bits per heavy atom. The summed E-state index contributed by atoms with van der Waals surface area (Å²) < 4.78 is 6.03. The highest BCUT2D eigenvalue weighted by atomic mass is 16.5. The van der Waals surface area contributed by atoms with Crippen molar-refractivity contribution in [3.05, 3.63) is 29.3 Å². The lowest BCUT2D eigenvalue weighted by Crippen LogP contribution is -2.29. The van der Waals surface area contributed by atoms with Crippen LogP contribution in [0.1, 0.15) is 44.7 Å². The summed E-state index contributed by atoms with van der Waals surface area (Å²) >= 11 is 0. The van der Waals surface area contributed by atoms with Crippen LogP contribution in [0.5, 0.6) is 5.75 Å². The van der Waals surface area contributed by atoms with Gasteiger partial charge in [0.25, 0.3) is 0 Å². The van der Waals surface area contributed by atoms with Gasteiger partial charge < -0.3 is 10.1 Å². The van der Waals surface area contributed by atoms with Crippen molar-refractivity contribution in [2.75, 3.05) is 13.1 Å². The molecule has 1 aromatic rings. The fourth-order valence-electron chi connectivity index (χ4n) is 1.83. The molecule has 0 fully saturated rings. The van der Waals surface area contributed by atoms with Crippen molar-refractivity contribution in [2.45, 2.75) is 46.6 Å². The monoisotopic (exact) mass is 235 g/mol. The summed E-state index contributed by atoms with van der Waals surface area (Å²) in [5.41, 5.74) is 2.54. The van der Waals surface area contributed by atoms with Crippen LogP contribution >= 0.6 is 0 Å². The van der Waals surface area contributed by atoms with Gasteiger partial charge >= 0.3 is 0 Å². The molecule has 0 heterocycles. The Balaban J connectivity index is 2.77. The molecule has 0 aliphatic rings. The van der Waals surface area contributed by atoms with Crippen LogP contribution in [0.3, 0.4) is 0 Å². The van der Waals surface area contributed by atoms with Crippen LogP contribution in [0.25, 0.3) is 0 Å². The summed E-state index contributed by atoms with van der Waals surface area (Å²) in [5.74, 6) is 1.53. The van der Waals surface area contributed by atoms with E-state index in [0.29, 0.717) is 5.92 Å². The minimum Gasteiger partial charge on any atom is -0.489 e. The Morgan fingerprint density at radius 3 is 2.53 bits per heavy atom. The third kappa shape index (κ3) is 4.39. The molecule has 0 bridgehead atoms. The van der Waals surface area contributed by atoms with Gasteiger partial charge in [-0.1, -0.05) is 32.9 Å². The Labute approximate surface area is 105 Å². The highest BCUT2D eigenvalue weighted by Crippen LogP contribution is 2.28. The molecule has 17 heavy (non-hydrogen) atoms. The van der Waals surface area contributed by atoms with E-state index in [1.165, 1.54) is 11.1 Å². The van der Waals surface area contributed by atoms with Gasteiger partial charge in [0.15, 0.2) is 0 Å². The third-order valence-electron chi connectivity index (χ3n) is 2.80. The van der Waals surface area contributed by atoms with Gasteiger partial charge in [0.1, 0.15) is 11.9 Å². The molecule has 0 radical (unpaired) electrons. The third-order valence-corrected chi connectivity index (χ3v) is 2.80. The van der Waals surface area contributed by atoms with Gasteiger partial charge in [-0.25, -0.2) is 0 Å². The minimum atomic E-state index is 0.203. The van der Waals surface area contributed by atoms with E-state index in [0.717, 1.165) is 18.8 Å². The van der Waals surface area contributed by atoms with E-state index in [4.69, 9.17) is 4.74 Å². The summed E-state index contributed by atoms with van der Waals surface area (Å²) in [4.78, 5) is 0. The maximum atomic E-state index is 6.03. The molecular formula is C15H25NO. The van der Waals surface area contributed by atoms with Crippen LogP contribution in [0.2, 0.25) is 0 Å². The Morgan fingerprint density at radius 2 is 1.94 bits per heavy atom. The van der Waals surface area contributed by atoms with E-state index in [-0.39, 0.29) is 6.10 Å². The van der Waals surface area contributed by atoms with Crippen molar-refractivity contribution in [1.29, 1.82) is 0 Å². The average Bonchev–Trinajstić information content (AvgIpc) is 2.26. The molecule has 0 aliphatic heterocycles. The second-order valence-electron chi connectivity index (χ2n) is 4.93. The maximum absolute atomic E-state index is 6.03. The summed E-state index contributed by atoms with van der Waals surface area (Å²) in [5, 5.41) is 3.31. The van der Waals surface area contributed by atoms with E-state index >= 15 is 0 Å². The van der Waals surface area contributed by atoms with Gasteiger partial charge in [-0.3, -0.25) is 0 Å². The normalized spacial score (nSPS) is 12.8. The van der Waals surface area contributed by atoms with E-state index in [9.17, 15) is 0 Å². The van der Waals surface area contributed by atoms with Gasteiger partial charge in [0.05, 0.1) is 0 Å². The largest absolute Gasteiger partial charge is 0.489 e. The average molecular weight is 235 g/mol. The maximum Gasteiger partial charge on any atom is 0.123 e. The number of hydrogen-bond acceptors (Lipinski definition) is 2. The van der Waals surface area contributed by atoms with E-state index < -0.39 is 0 Å².